The maximum atomic E-state index is 11.7. The van der Waals surface area contributed by atoms with Gasteiger partial charge in [0.05, 0.1) is 7.11 Å². The number of amides is 1. The SMILES string of the molecule is CON1C(=O)C(C)(C)N(O)C1(C)C. The average molecular weight is 188 g/mol. The number of carbonyl (C=O) groups is 1. The number of hydrogen-bond acceptors (Lipinski definition) is 4. The third kappa shape index (κ3) is 1.15. The fraction of sp³-hybridized carbons (Fsp3) is 0.875. The van der Waals surface area contributed by atoms with E-state index in [1.165, 1.54) is 12.2 Å². The Morgan fingerprint density at radius 3 is 1.92 bits per heavy atom. The molecule has 0 aromatic rings. The minimum absolute atomic E-state index is 0.248. The molecule has 76 valence electrons. The monoisotopic (exact) mass is 188 g/mol. The first-order valence-corrected chi connectivity index (χ1v) is 4.14. The topological polar surface area (TPSA) is 53.0 Å². The van der Waals surface area contributed by atoms with Crippen LogP contribution < -0.4 is 0 Å². The third-order valence-corrected chi connectivity index (χ3v) is 2.44. The molecule has 0 aromatic heterocycles. The van der Waals surface area contributed by atoms with Gasteiger partial charge in [-0.15, -0.1) is 5.06 Å². The largest absolute Gasteiger partial charge is 0.311 e. The molecule has 0 aliphatic carbocycles. The highest BCUT2D eigenvalue weighted by atomic mass is 16.7. The molecule has 1 N–H and O–H groups in total. The van der Waals surface area contributed by atoms with E-state index < -0.39 is 11.2 Å². The van der Waals surface area contributed by atoms with Crippen LogP contribution in [0.3, 0.4) is 0 Å². The fourth-order valence-corrected chi connectivity index (χ4v) is 1.66. The highest BCUT2D eigenvalue weighted by molar-refractivity contribution is 5.87. The van der Waals surface area contributed by atoms with Crippen molar-refractivity contribution < 1.29 is 14.8 Å². The predicted molar refractivity (Wildman–Crippen MR) is 45.6 cm³/mol. The van der Waals surface area contributed by atoms with Crippen LogP contribution in [0.5, 0.6) is 0 Å². The van der Waals surface area contributed by atoms with Crippen LogP contribution in [-0.4, -0.2) is 39.6 Å². The maximum Gasteiger partial charge on any atom is 0.270 e. The summed E-state index contributed by atoms with van der Waals surface area (Å²) in [7, 11) is 1.41. The minimum Gasteiger partial charge on any atom is -0.311 e. The minimum atomic E-state index is -0.931. The highest BCUT2D eigenvalue weighted by Gasteiger charge is 2.57. The van der Waals surface area contributed by atoms with Gasteiger partial charge >= 0.3 is 0 Å². The van der Waals surface area contributed by atoms with Crippen molar-refractivity contribution in [3.8, 4) is 0 Å². The first-order valence-electron chi connectivity index (χ1n) is 4.14. The lowest BCUT2D eigenvalue weighted by Crippen LogP contribution is -2.49. The Hall–Kier alpha value is -0.650. The Kier molecular flexibility index (Phi) is 2.14. The lowest BCUT2D eigenvalue weighted by atomic mass is 10.1. The van der Waals surface area contributed by atoms with Crippen molar-refractivity contribution in [3.05, 3.63) is 0 Å². The van der Waals surface area contributed by atoms with Crippen molar-refractivity contribution in [2.45, 2.75) is 38.9 Å². The van der Waals surface area contributed by atoms with Gasteiger partial charge in [-0.2, -0.15) is 5.06 Å². The zero-order valence-electron chi connectivity index (χ0n) is 8.66. The molecule has 0 aromatic carbocycles. The molecule has 0 spiro atoms. The number of rotatable bonds is 1. The lowest BCUT2D eigenvalue weighted by Gasteiger charge is -2.33. The van der Waals surface area contributed by atoms with E-state index in [1.807, 2.05) is 0 Å². The van der Waals surface area contributed by atoms with E-state index >= 15 is 0 Å². The first kappa shape index (κ1) is 10.4. The van der Waals surface area contributed by atoms with Crippen LogP contribution >= 0.6 is 0 Å². The number of hydrogen-bond donors (Lipinski definition) is 1. The van der Waals surface area contributed by atoms with Crippen LogP contribution in [0, 0.1) is 0 Å². The van der Waals surface area contributed by atoms with E-state index in [2.05, 4.69) is 0 Å². The number of hydroxylamine groups is 4. The van der Waals surface area contributed by atoms with Crippen molar-refractivity contribution in [2.75, 3.05) is 7.11 Å². The molecule has 5 nitrogen and oxygen atoms in total. The zero-order valence-corrected chi connectivity index (χ0v) is 8.66. The smallest absolute Gasteiger partial charge is 0.270 e. The van der Waals surface area contributed by atoms with Crippen LogP contribution in [0.25, 0.3) is 0 Å². The van der Waals surface area contributed by atoms with Crippen molar-refractivity contribution in [2.24, 2.45) is 0 Å². The highest BCUT2D eigenvalue weighted by Crippen LogP contribution is 2.36. The number of nitrogens with zero attached hydrogens (tertiary/aromatic N) is 2. The van der Waals surface area contributed by atoms with Crippen LogP contribution in [0.15, 0.2) is 0 Å². The molecule has 1 fully saturated rings. The van der Waals surface area contributed by atoms with Gasteiger partial charge in [-0.05, 0) is 27.7 Å². The standard InChI is InChI=1S/C8H16N2O3/c1-7(2)6(11)9(13-5)8(3,4)10(7)12/h12H,1-5H3. The lowest BCUT2D eigenvalue weighted by molar-refractivity contribution is -0.265. The molecular weight excluding hydrogens is 172 g/mol. The van der Waals surface area contributed by atoms with Gasteiger partial charge in [0.25, 0.3) is 5.91 Å². The van der Waals surface area contributed by atoms with Gasteiger partial charge in [0.1, 0.15) is 11.2 Å². The molecule has 0 unspecified atom stereocenters. The van der Waals surface area contributed by atoms with E-state index in [9.17, 15) is 10.0 Å². The van der Waals surface area contributed by atoms with Gasteiger partial charge in [0, 0.05) is 0 Å². The zero-order chi connectivity index (χ0) is 10.4. The molecule has 0 radical (unpaired) electrons. The summed E-state index contributed by atoms with van der Waals surface area (Å²) in [6.07, 6.45) is 0. The van der Waals surface area contributed by atoms with Gasteiger partial charge in [-0.3, -0.25) is 9.63 Å². The molecule has 1 aliphatic heterocycles. The summed E-state index contributed by atoms with van der Waals surface area (Å²) in [4.78, 5) is 16.6. The Morgan fingerprint density at radius 2 is 1.77 bits per heavy atom. The quantitative estimate of drug-likeness (QED) is 0.654. The van der Waals surface area contributed by atoms with Crippen molar-refractivity contribution in [3.63, 3.8) is 0 Å². The van der Waals surface area contributed by atoms with Gasteiger partial charge in [-0.1, -0.05) is 0 Å². The molecule has 13 heavy (non-hydrogen) atoms. The summed E-state index contributed by atoms with van der Waals surface area (Å²) in [6, 6.07) is 0. The van der Waals surface area contributed by atoms with Gasteiger partial charge in [0.2, 0.25) is 0 Å². The van der Waals surface area contributed by atoms with Crippen LogP contribution in [0.1, 0.15) is 27.7 Å². The summed E-state index contributed by atoms with van der Waals surface area (Å²) in [5.74, 6) is -0.248. The van der Waals surface area contributed by atoms with E-state index in [0.29, 0.717) is 0 Å². The van der Waals surface area contributed by atoms with Crippen molar-refractivity contribution in [1.29, 1.82) is 0 Å². The van der Waals surface area contributed by atoms with Gasteiger partial charge < -0.3 is 5.21 Å². The fourth-order valence-electron chi connectivity index (χ4n) is 1.66. The van der Waals surface area contributed by atoms with E-state index in [-0.39, 0.29) is 5.91 Å². The van der Waals surface area contributed by atoms with Crippen molar-refractivity contribution >= 4 is 5.91 Å². The van der Waals surface area contributed by atoms with E-state index in [0.717, 1.165) is 5.06 Å². The molecule has 5 heteroatoms. The Balaban J connectivity index is 3.11. The summed E-state index contributed by atoms with van der Waals surface area (Å²) < 4.78 is 0. The molecule has 1 aliphatic rings. The molecule has 0 saturated carbocycles. The maximum absolute atomic E-state index is 11.7. The molecule has 0 atom stereocenters. The predicted octanol–water partition coefficient (Wildman–Crippen LogP) is 0.596. The second-order valence-electron chi connectivity index (χ2n) is 4.15. The summed E-state index contributed by atoms with van der Waals surface area (Å²) >= 11 is 0. The first-order chi connectivity index (χ1) is 5.76. The Bertz CT molecular complexity index is 238. The second kappa shape index (κ2) is 2.67. The molecule has 1 rings (SSSR count). The summed E-state index contributed by atoms with van der Waals surface area (Å²) in [5, 5.41) is 11.9. The van der Waals surface area contributed by atoms with Crippen LogP contribution in [0.4, 0.5) is 0 Å². The summed E-state index contributed by atoms with van der Waals surface area (Å²) in [5.41, 5.74) is -1.76. The molecular formula is C8H16N2O3. The Morgan fingerprint density at radius 1 is 1.31 bits per heavy atom. The van der Waals surface area contributed by atoms with E-state index in [4.69, 9.17) is 4.84 Å². The van der Waals surface area contributed by atoms with Gasteiger partial charge in [-0.25, -0.2) is 0 Å². The molecule has 0 bridgehead atoms. The molecule has 1 saturated heterocycles. The van der Waals surface area contributed by atoms with Crippen LogP contribution in [0.2, 0.25) is 0 Å². The average Bonchev–Trinajstić information content (AvgIpc) is 2.12. The second-order valence-corrected chi connectivity index (χ2v) is 4.15. The Labute approximate surface area is 77.8 Å². The van der Waals surface area contributed by atoms with Crippen LogP contribution in [-0.2, 0) is 9.63 Å². The molecule has 1 amide bonds. The number of carbonyl (C=O) groups excluding carboxylic acids is 1. The van der Waals surface area contributed by atoms with Crippen molar-refractivity contribution in [1.82, 2.24) is 10.1 Å². The normalized spacial score (nSPS) is 26.9. The summed E-state index contributed by atoms with van der Waals surface area (Å²) in [6.45, 7) is 6.72. The third-order valence-electron chi connectivity index (χ3n) is 2.44. The van der Waals surface area contributed by atoms with Gasteiger partial charge in [0.15, 0.2) is 0 Å². The van der Waals surface area contributed by atoms with E-state index in [1.54, 1.807) is 27.7 Å². The molecule has 1 heterocycles.